The van der Waals surface area contributed by atoms with E-state index >= 15 is 0 Å². The van der Waals surface area contributed by atoms with Gasteiger partial charge in [0.05, 0.1) is 17.6 Å². The zero-order valence-electron chi connectivity index (χ0n) is 16.1. The third-order valence-electron chi connectivity index (χ3n) is 4.70. The van der Waals surface area contributed by atoms with Crippen LogP contribution in [0.4, 0.5) is 10.1 Å². The molecule has 0 spiro atoms. The van der Waals surface area contributed by atoms with Crippen LogP contribution in [0.15, 0.2) is 72.9 Å². The number of halogens is 1. The zero-order valence-corrected chi connectivity index (χ0v) is 16.1. The monoisotopic (exact) mass is 386 g/mol. The van der Waals surface area contributed by atoms with Gasteiger partial charge in [0.1, 0.15) is 5.82 Å². The quantitative estimate of drug-likeness (QED) is 0.540. The van der Waals surface area contributed by atoms with Gasteiger partial charge in [0.15, 0.2) is 0 Å². The fourth-order valence-corrected chi connectivity index (χ4v) is 3.06. The van der Waals surface area contributed by atoms with Gasteiger partial charge in [0, 0.05) is 16.8 Å². The summed E-state index contributed by atoms with van der Waals surface area (Å²) in [5.74, 6) is -0.477. The average Bonchev–Trinajstić information content (AvgIpc) is 3.21. The van der Waals surface area contributed by atoms with Gasteiger partial charge < -0.3 is 5.32 Å². The number of hydrogen-bond donors (Lipinski definition) is 1. The molecule has 0 aliphatic carbocycles. The lowest BCUT2D eigenvalue weighted by molar-refractivity contribution is 0.102. The number of amides is 1. The van der Waals surface area contributed by atoms with Gasteiger partial charge in [0.2, 0.25) is 0 Å². The van der Waals surface area contributed by atoms with Gasteiger partial charge in [-0.25, -0.2) is 9.07 Å². The molecule has 144 valence electrons. The number of aromatic nitrogens is 3. The summed E-state index contributed by atoms with van der Waals surface area (Å²) < 4.78 is 14.9. The first-order valence-corrected chi connectivity index (χ1v) is 9.17. The van der Waals surface area contributed by atoms with Gasteiger partial charge >= 0.3 is 0 Å². The van der Waals surface area contributed by atoms with Crippen molar-refractivity contribution in [1.29, 1.82) is 0 Å². The predicted molar refractivity (Wildman–Crippen MR) is 111 cm³/mol. The van der Waals surface area contributed by atoms with Crippen LogP contribution in [0.5, 0.6) is 0 Å². The van der Waals surface area contributed by atoms with Crippen molar-refractivity contribution in [3.63, 3.8) is 0 Å². The SMILES string of the molecule is Cc1ccc(C)c(NC(=O)c2ccc(-n3nncc3-c3ccc(F)cc3)cc2)c1. The van der Waals surface area contributed by atoms with E-state index in [9.17, 15) is 9.18 Å². The molecule has 5 nitrogen and oxygen atoms in total. The van der Waals surface area contributed by atoms with Crippen molar-refractivity contribution in [2.24, 2.45) is 0 Å². The van der Waals surface area contributed by atoms with Crippen LogP contribution in [0.2, 0.25) is 0 Å². The van der Waals surface area contributed by atoms with E-state index < -0.39 is 0 Å². The predicted octanol–water partition coefficient (Wildman–Crippen LogP) is 4.94. The largest absolute Gasteiger partial charge is 0.322 e. The van der Waals surface area contributed by atoms with Crippen molar-refractivity contribution in [2.75, 3.05) is 5.32 Å². The van der Waals surface area contributed by atoms with Crippen molar-refractivity contribution in [1.82, 2.24) is 15.0 Å². The highest BCUT2D eigenvalue weighted by Crippen LogP contribution is 2.22. The third kappa shape index (κ3) is 3.91. The Labute approximate surface area is 167 Å². The van der Waals surface area contributed by atoms with Crippen molar-refractivity contribution in [3.05, 3.63) is 95.4 Å². The Morgan fingerprint density at radius 2 is 1.69 bits per heavy atom. The topological polar surface area (TPSA) is 59.8 Å². The minimum Gasteiger partial charge on any atom is -0.322 e. The Hall–Kier alpha value is -3.80. The molecule has 0 radical (unpaired) electrons. The molecule has 0 saturated carbocycles. The van der Waals surface area contributed by atoms with Crippen molar-refractivity contribution >= 4 is 11.6 Å². The molecule has 4 rings (SSSR count). The fourth-order valence-electron chi connectivity index (χ4n) is 3.06. The highest BCUT2D eigenvalue weighted by atomic mass is 19.1. The molecule has 1 heterocycles. The Balaban J connectivity index is 1.57. The molecule has 1 amide bonds. The van der Waals surface area contributed by atoms with E-state index in [1.165, 1.54) is 12.1 Å². The van der Waals surface area contributed by atoms with Crippen LogP contribution >= 0.6 is 0 Å². The normalized spacial score (nSPS) is 10.7. The average molecular weight is 386 g/mol. The van der Waals surface area contributed by atoms with Crippen LogP contribution in [-0.4, -0.2) is 20.9 Å². The lowest BCUT2D eigenvalue weighted by Gasteiger charge is -2.10. The third-order valence-corrected chi connectivity index (χ3v) is 4.70. The summed E-state index contributed by atoms with van der Waals surface area (Å²) in [6, 6.07) is 19.2. The molecule has 1 N–H and O–H groups in total. The molecule has 4 aromatic rings. The maximum atomic E-state index is 13.2. The van der Waals surface area contributed by atoms with Gasteiger partial charge in [-0.05, 0) is 79.6 Å². The van der Waals surface area contributed by atoms with Gasteiger partial charge in [-0.2, -0.15) is 0 Å². The van der Waals surface area contributed by atoms with Crippen LogP contribution in [0.3, 0.4) is 0 Å². The minimum absolute atomic E-state index is 0.178. The highest BCUT2D eigenvalue weighted by molar-refractivity contribution is 6.04. The molecule has 0 bridgehead atoms. The van der Waals surface area contributed by atoms with Gasteiger partial charge in [-0.15, -0.1) is 5.10 Å². The van der Waals surface area contributed by atoms with Crippen molar-refractivity contribution in [3.8, 4) is 16.9 Å². The summed E-state index contributed by atoms with van der Waals surface area (Å²) in [5, 5.41) is 11.0. The Morgan fingerprint density at radius 1 is 0.966 bits per heavy atom. The maximum Gasteiger partial charge on any atom is 0.255 e. The summed E-state index contributed by atoms with van der Waals surface area (Å²) in [5.41, 5.74) is 5.72. The molecule has 0 fully saturated rings. The standard InChI is InChI=1S/C23H19FN4O/c1-15-3-4-16(2)21(13-15)26-23(29)18-7-11-20(12-8-18)28-22(14-25-27-28)17-5-9-19(24)10-6-17/h3-14H,1-2H3,(H,26,29). The smallest absolute Gasteiger partial charge is 0.255 e. The molecule has 1 aromatic heterocycles. The van der Waals surface area contributed by atoms with Crippen LogP contribution in [0, 0.1) is 19.7 Å². The lowest BCUT2D eigenvalue weighted by Crippen LogP contribution is -2.13. The Morgan fingerprint density at radius 3 is 2.41 bits per heavy atom. The minimum atomic E-state index is -0.299. The van der Waals surface area contributed by atoms with Gasteiger partial charge in [-0.3, -0.25) is 4.79 Å². The molecule has 29 heavy (non-hydrogen) atoms. The number of carbonyl (C=O) groups excluding carboxylic acids is 1. The van der Waals surface area contributed by atoms with E-state index in [2.05, 4.69) is 15.6 Å². The maximum absolute atomic E-state index is 13.2. The molecule has 6 heteroatoms. The first-order valence-electron chi connectivity index (χ1n) is 9.17. The zero-order chi connectivity index (χ0) is 20.4. The van der Waals surface area contributed by atoms with Crippen LogP contribution in [0.25, 0.3) is 16.9 Å². The summed E-state index contributed by atoms with van der Waals surface area (Å²) >= 11 is 0. The van der Waals surface area contributed by atoms with Crippen molar-refractivity contribution < 1.29 is 9.18 Å². The summed E-state index contributed by atoms with van der Waals surface area (Å²) in [7, 11) is 0. The highest BCUT2D eigenvalue weighted by Gasteiger charge is 2.12. The number of hydrogen-bond acceptors (Lipinski definition) is 3. The molecular formula is C23H19FN4O. The molecular weight excluding hydrogens is 367 g/mol. The number of carbonyl (C=O) groups is 1. The second-order valence-corrected chi connectivity index (χ2v) is 6.86. The summed E-state index contributed by atoms with van der Waals surface area (Å²) in [4.78, 5) is 12.6. The number of rotatable bonds is 4. The summed E-state index contributed by atoms with van der Waals surface area (Å²) in [6.07, 6.45) is 1.62. The molecule has 3 aromatic carbocycles. The Kier molecular flexibility index (Phi) is 4.91. The Bertz CT molecular complexity index is 1160. The molecule has 0 aliphatic heterocycles. The first kappa shape index (κ1) is 18.6. The first-order chi connectivity index (χ1) is 14.0. The molecule has 0 unspecified atom stereocenters. The van der Waals surface area contributed by atoms with Crippen LogP contribution < -0.4 is 5.32 Å². The van der Waals surface area contributed by atoms with E-state index in [1.807, 2.05) is 32.0 Å². The van der Waals surface area contributed by atoms with Crippen LogP contribution in [0.1, 0.15) is 21.5 Å². The van der Waals surface area contributed by atoms with Gasteiger partial charge in [-0.1, -0.05) is 17.3 Å². The van der Waals surface area contributed by atoms with Gasteiger partial charge in [0.25, 0.3) is 5.91 Å². The fraction of sp³-hybridized carbons (Fsp3) is 0.0870. The molecule has 0 aliphatic rings. The molecule has 0 atom stereocenters. The van der Waals surface area contributed by atoms with Crippen molar-refractivity contribution in [2.45, 2.75) is 13.8 Å². The number of nitrogens with one attached hydrogen (secondary N) is 1. The van der Waals surface area contributed by atoms with E-state index in [0.717, 1.165) is 33.8 Å². The lowest BCUT2D eigenvalue weighted by atomic mass is 10.1. The number of aryl methyl sites for hydroxylation is 2. The van der Waals surface area contributed by atoms with Crippen LogP contribution in [-0.2, 0) is 0 Å². The molecule has 0 saturated heterocycles. The summed E-state index contributed by atoms with van der Waals surface area (Å²) in [6.45, 7) is 3.94. The second kappa shape index (κ2) is 7.67. The van der Waals surface area contributed by atoms with E-state index in [0.29, 0.717) is 5.56 Å². The van der Waals surface area contributed by atoms with E-state index in [1.54, 1.807) is 47.3 Å². The van der Waals surface area contributed by atoms with E-state index in [-0.39, 0.29) is 11.7 Å². The second-order valence-electron chi connectivity index (χ2n) is 6.86. The number of nitrogens with zero attached hydrogens (tertiary/aromatic N) is 3. The number of benzene rings is 3. The van der Waals surface area contributed by atoms with E-state index in [4.69, 9.17) is 0 Å². The number of anilines is 1.